The average molecular weight is 365 g/mol. The van der Waals surface area contributed by atoms with Crippen LogP contribution in [0.1, 0.15) is 22.8 Å². The lowest BCUT2D eigenvalue weighted by Gasteiger charge is -2.08. The highest BCUT2D eigenvalue weighted by Gasteiger charge is 2.05. The monoisotopic (exact) mass is 364 g/mol. The Labute approximate surface area is 151 Å². The van der Waals surface area contributed by atoms with E-state index < -0.39 is 0 Å². The first-order valence-electron chi connectivity index (χ1n) is 7.51. The van der Waals surface area contributed by atoms with Gasteiger partial charge in [-0.1, -0.05) is 29.3 Å². The molecule has 0 bridgehead atoms. The number of carbonyl (C=O) groups is 2. The minimum absolute atomic E-state index is 0.00426. The average Bonchev–Trinajstić information content (AvgIpc) is 2.53. The summed E-state index contributed by atoms with van der Waals surface area (Å²) in [6.45, 7) is 2.32. The molecule has 0 atom stereocenters. The van der Waals surface area contributed by atoms with Gasteiger partial charge >= 0.3 is 0 Å². The maximum absolute atomic E-state index is 11.9. The topological polar surface area (TPSA) is 58.2 Å². The molecule has 2 aromatic rings. The molecule has 0 aliphatic heterocycles. The van der Waals surface area contributed by atoms with Crippen molar-refractivity contribution in [3.63, 3.8) is 0 Å². The van der Waals surface area contributed by atoms with Gasteiger partial charge in [-0.3, -0.25) is 9.59 Å². The van der Waals surface area contributed by atoms with Crippen LogP contribution in [0.25, 0.3) is 0 Å². The largest absolute Gasteiger partial charge is 0.325 e. The zero-order chi connectivity index (χ0) is 17.5. The zero-order valence-corrected chi connectivity index (χ0v) is 14.7. The molecule has 1 amide bonds. The summed E-state index contributed by atoms with van der Waals surface area (Å²) in [7, 11) is 0. The summed E-state index contributed by atoms with van der Waals surface area (Å²) >= 11 is 11.9. The predicted molar refractivity (Wildman–Crippen MR) is 98.1 cm³/mol. The van der Waals surface area contributed by atoms with Gasteiger partial charge in [0.25, 0.3) is 0 Å². The minimum Gasteiger partial charge on any atom is -0.325 e. The predicted octanol–water partition coefficient (Wildman–Crippen LogP) is 3.97. The van der Waals surface area contributed by atoms with E-state index in [0.717, 1.165) is 5.56 Å². The van der Waals surface area contributed by atoms with Crippen molar-refractivity contribution in [3.05, 3.63) is 63.6 Å². The second-order valence-electron chi connectivity index (χ2n) is 5.34. The number of Topliss-reactive ketones (excluding diaryl/α,β-unsaturated/α-hetero) is 1. The van der Waals surface area contributed by atoms with Gasteiger partial charge < -0.3 is 10.6 Å². The second-order valence-corrected chi connectivity index (χ2v) is 6.19. The number of rotatable bonds is 7. The van der Waals surface area contributed by atoms with Crippen molar-refractivity contribution in [2.45, 2.75) is 13.3 Å². The number of carbonyl (C=O) groups excluding carboxylic acids is 2. The molecular weight excluding hydrogens is 347 g/mol. The molecule has 2 rings (SSSR count). The number of halogens is 2. The van der Waals surface area contributed by atoms with E-state index in [1.807, 2.05) is 6.07 Å². The Balaban J connectivity index is 1.74. The molecule has 0 spiro atoms. The SMILES string of the molecule is CC(=O)c1ccc(NC(=O)CNCCc2ccc(Cl)cc2Cl)cc1. The highest BCUT2D eigenvalue weighted by atomic mass is 35.5. The number of hydrogen-bond acceptors (Lipinski definition) is 3. The lowest BCUT2D eigenvalue weighted by molar-refractivity contribution is -0.115. The van der Waals surface area contributed by atoms with Gasteiger partial charge in [-0.2, -0.15) is 0 Å². The molecule has 24 heavy (non-hydrogen) atoms. The fourth-order valence-electron chi connectivity index (χ4n) is 2.14. The number of ketones is 1. The van der Waals surface area contributed by atoms with Crippen molar-refractivity contribution in [3.8, 4) is 0 Å². The molecular formula is C18H18Cl2N2O2. The van der Waals surface area contributed by atoms with Gasteiger partial charge in [0, 0.05) is 21.3 Å². The first kappa shape index (κ1) is 18.5. The summed E-state index contributed by atoms with van der Waals surface area (Å²) in [6, 6.07) is 12.2. The molecule has 2 aromatic carbocycles. The van der Waals surface area contributed by atoms with Crippen LogP contribution in [0.15, 0.2) is 42.5 Å². The molecule has 4 nitrogen and oxygen atoms in total. The summed E-state index contributed by atoms with van der Waals surface area (Å²) in [5.74, 6) is -0.150. The van der Waals surface area contributed by atoms with E-state index in [1.54, 1.807) is 36.4 Å². The van der Waals surface area contributed by atoms with Crippen LogP contribution >= 0.6 is 23.2 Å². The molecule has 0 unspecified atom stereocenters. The van der Waals surface area contributed by atoms with Crippen molar-refractivity contribution in [1.29, 1.82) is 0 Å². The van der Waals surface area contributed by atoms with E-state index in [-0.39, 0.29) is 18.2 Å². The third-order valence-corrected chi connectivity index (χ3v) is 4.03. The Hall–Kier alpha value is -1.88. The lowest BCUT2D eigenvalue weighted by Crippen LogP contribution is -2.29. The quantitative estimate of drug-likeness (QED) is 0.577. The molecule has 0 saturated heterocycles. The van der Waals surface area contributed by atoms with E-state index in [4.69, 9.17) is 23.2 Å². The number of benzene rings is 2. The van der Waals surface area contributed by atoms with Crippen LogP contribution in [-0.4, -0.2) is 24.8 Å². The number of amides is 1. The van der Waals surface area contributed by atoms with Gasteiger partial charge in [0.05, 0.1) is 6.54 Å². The van der Waals surface area contributed by atoms with Crippen LogP contribution in [0, 0.1) is 0 Å². The van der Waals surface area contributed by atoms with E-state index in [1.165, 1.54) is 6.92 Å². The summed E-state index contributed by atoms with van der Waals surface area (Å²) < 4.78 is 0. The van der Waals surface area contributed by atoms with E-state index in [0.29, 0.717) is 34.3 Å². The smallest absolute Gasteiger partial charge is 0.238 e. The molecule has 6 heteroatoms. The standard InChI is InChI=1S/C18H18Cl2N2O2/c1-12(23)13-3-6-16(7-4-13)22-18(24)11-21-9-8-14-2-5-15(19)10-17(14)20/h2-7,10,21H,8-9,11H2,1H3,(H,22,24). The molecule has 0 radical (unpaired) electrons. The highest BCUT2D eigenvalue weighted by molar-refractivity contribution is 6.35. The van der Waals surface area contributed by atoms with Crippen molar-refractivity contribution >= 4 is 40.6 Å². The van der Waals surface area contributed by atoms with Gasteiger partial charge in [0.2, 0.25) is 5.91 Å². The number of nitrogens with one attached hydrogen (secondary N) is 2. The van der Waals surface area contributed by atoms with Crippen LogP contribution in [0.4, 0.5) is 5.69 Å². The second kappa shape index (κ2) is 8.83. The summed E-state index contributed by atoms with van der Waals surface area (Å²) in [4.78, 5) is 23.1. The molecule has 126 valence electrons. The maximum Gasteiger partial charge on any atom is 0.238 e. The normalized spacial score (nSPS) is 10.5. The fourth-order valence-corrected chi connectivity index (χ4v) is 2.65. The summed E-state index contributed by atoms with van der Waals surface area (Å²) in [6.07, 6.45) is 0.705. The van der Waals surface area contributed by atoms with Gasteiger partial charge in [0.1, 0.15) is 0 Å². The Morgan fingerprint density at radius 2 is 1.75 bits per heavy atom. The van der Waals surface area contributed by atoms with Gasteiger partial charge in [-0.25, -0.2) is 0 Å². The molecule has 0 aromatic heterocycles. The van der Waals surface area contributed by atoms with Gasteiger partial charge in [-0.15, -0.1) is 0 Å². The van der Waals surface area contributed by atoms with Crippen molar-refractivity contribution < 1.29 is 9.59 Å². The van der Waals surface area contributed by atoms with Gasteiger partial charge in [-0.05, 0) is 61.9 Å². The summed E-state index contributed by atoms with van der Waals surface area (Å²) in [5, 5.41) is 7.06. The fraction of sp³-hybridized carbons (Fsp3) is 0.222. The first-order chi connectivity index (χ1) is 11.5. The Bertz CT molecular complexity index is 730. The van der Waals surface area contributed by atoms with Crippen LogP contribution in [-0.2, 0) is 11.2 Å². The molecule has 0 aliphatic carbocycles. The first-order valence-corrected chi connectivity index (χ1v) is 8.27. The van der Waals surface area contributed by atoms with Crippen LogP contribution in [0.5, 0.6) is 0 Å². The number of anilines is 1. The maximum atomic E-state index is 11.9. The zero-order valence-electron chi connectivity index (χ0n) is 13.2. The summed E-state index contributed by atoms with van der Waals surface area (Å²) in [5.41, 5.74) is 2.26. The molecule has 2 N–H and O–H groups in total. The highest BCUT2D eigenvalue weighted by Crippen LogP contribution is 2.21. The van der Waals surface area contributed by atoms with E-state index in [2.05, 4.69) is 10.6 Å². The molecule has 0 aliphatic rings. The van der Waals surface area contributed by atoms with E-state index >= 15 is 0 Å². The van der Waals surface area contributed by atoms with E-state index in [9.17, 15) is 9.59 Å². The molecule has 0 saturated carbocycles. The van der Waals surface area contributed by atoms with Crippen LogP contribution in [0.3, 0.4) is 0 Å². The molecule has 0 heterocycles. The Morgan fingerprint density at radius 3 is 2.38 bits per heavy atom. The van der Waals surface area contributed by atoms with Gasteiger partial charge in [0.15, 0.2) is 5.78 Å². The van der Waals surface area contributed by atoms with Crippen molar-refractivity contribution in [1.82, 2.24) is 5.32 Å². The van der Waals surface area contributed by atoms with Crippen LogP contribution < -0.4 is 10.6 Å². The molecule has 0 fully saturated rings. The Kier molecular flexibility index (Phi) is 6.79. The van der Waals surface area contributed by atoms with Crippen molar-refractivity contribution in [2.75, 3.05) is 18.4 Å². The third kappa shape index (κ3) is 5.64. The van der Waals surface area contributed by atoms with Crippen molar-refractivity contribution in [2.24, 2.45) is 0 Å². The van der Waals surface area contributed by atoms with Crippen LogP contribution in [0.2, 0.25) is 10.0 Å². The minimum atomic E-state index is -0.146. The third-order valence-electron chi connectivity index (χ3n) is 3.45. The lowest BCUT2D eigenvalue weighted by atomic mass is 10.1. The number of hydrogen-bond donors (Lipinski definition) is 2. The Morgan fingerprint density at radius 1 is 1.04 bits per heavy atom.